The van der Waals surface area contributed by atoms with E-state index in [0.717, 1.165) is 10.0 Å². The van der Waals surface area contributed by atoms with Gasteiger partial charge in [-0.1, -0.05) is 11.6 Å². The monoisotopic (exact) mass is 286 g/mol. The zero-order valence-corrected chi connectivity index (χ0v) is 10.2. The van der Waals surface area contributed by atoms with Crippen molar-refractivity contribution in [2.24, 2.45) is 0 Å². The van der Waals surface area contributed by atoms with Crippen molar-refractivity contribution in [1.82, 2.24) is 14.8 Å². The minimum absolute atomic E-state index is 0.568. The quantitative estimate of drug-likeness (QED) is 0.877. The van der Waals surface area contributed by atoms with E-state index in [1.54, 1.807) is 23.3 Å². The standard InChI is InChI=1S/C9H8BrClN4/c1-5-7(12)3-13-9(8(5)10)15-4-6(11)2-14-15/h2-4H,12H2,1H3. The molecule has 0 saturated heterocycles. The van der Waals surface area contributed by atoms with Gasteiger partial charge >= 0.3 is 0 Å². The predicted molar refractivity (Wildman–Crippen MR) is 63.2 cm³/mol. The molecule has 15 heavy (non-hydrogen) atoms. The van der Waals surface area contributed by atoms with Crippen LogP contribution < -0.4 is 5.73 Å². The molecule has 0 fully saturated rings. The zero-order chi connectivity index (χ0) is 11.0. The molecule has 0 amide bonds. The topological polar surface area (TPSA) is 56.7 Å². The zero-order valence-electron chi connectivity index (χ0n) is 7.91. The van der Waals surface area contributed by atoms with Gasteiger partial charge in [0.1, 0.15) is 0 Å². The van der Waals surface area contributed by atoms with Crippen LogP contribution in [0, 0.1) is 6.92 Å². The number of rotatable bonds is 1. The summed E-state index contributed by atoms with van der Waals surface area (Å²) in [5.41, 5.74) is 7.30. The maximum Gasteiger partial charge on any atom is 0.168 e. The second kappa shape index (κ2) is 3.83. The van der Waals surface area contributed by atoms with E-state index in [1.807, 2.05) is 6.92 Å². The summed E-state index contributed by atoms with van der Waals surface area (Å²) in [7, 11) is 0. The summed E-state index contributed by atoms with van der Waals surface area (Å²) >= 11 is 9.21. The molecule has 78 valence electrons. The summed E-state index contributed by atoms with van der Waals surface area (Å²) in [5.74, 6) is 0.675. The van der Waals surface area contributed by atoms with Crippen LogP contribution in [0.1, 0.15) is 5.56 Å². The van der Waals surface area contributed by atoms with E-state index >= 15 is 0 Å². The molecule has 2 aromatic heterocycles. The highest BCUT2D eigenvalue weighted by molar-refractivity contribution is 9.10. The Morgan fingerprint density at radius 2 is 2.20 bits per heavy atom. The van der Waals surface area contributed by atoms with Crippen molar-refractivity contribution in [3.8, 4) is 5.82 Å². The molecular weight excluding hydrogens is 279 g/mol. The fraction of sp³-hybridized carbons (Fsp3) is 0.111. The van der Waals surface area contributed by atoms with Crippen LogP contribution in [-0.2, 0) is 0 Å². The molecule has 0 unspecified atom stereocenters. The van der Waals surface area contributed by atoms with Crippen molar-refractivity contribution in [2.75, 3.05) is 5.73 Å². The molecule has 4 nitrogen and oxygen atoms in total. The Labute approximate surface area is 100 Å². The lowest BCUT2D eigenvalue weighted by atomic mass is 10.2. The first-order chi connectivity index (χ1) is 7.09. The highest BCUT2D eigenvalue weighted by Crippen LogP contribution is 2.26. The summed E-state index contributed by atoms with van der Waals surface area (Å²) in [4.78, 5) is 4.19. The third-order valence-corrected chi connectivity index (χ3v) is 3.20. The number of aromatic nitrogens is 3. The summed E-state index contributed by atoms with van der Waals surface area (Å²) in [6.45, 7) is 1.91. The Morgan fingerprint density at radius 1 is 1.47 bits per heavy atom. The van der Waals surface area contributed by atoms with Gasteiger partial charge in [-0.2, -0.15) is 5.10 Å². The van der Waals surface area contributed by atoms with Gasteiger partial charge in [0.15, 0.2) is 5.82 Å². The van der Waals surface area contributed by atoms with Gasteiger partial charge in [-0.25, -0.2) is 9.67 Å². The van der Waals surface area contributed by atoms with Crippen LogP contribution in [0.5, 0.6) is 0 Å². The van der Waals surface area contributed by atoms with Crippen molar-refractivity contribution < 1.29 is 0 Å². The molecule has 2 heterocycles. The van der Waals surface area contributed by atoms with E-state index in [4.69, 9.17) is 17.3 Å². The number of nitrogen functional groups attached to an aromatic ring is 1. The van der Waals surface area contributed by atoms with Gasteiger partial charge in [0.05, 0.1) is 33.8 Å². The molecule has 0 aliphatic heterocycles. The SMILES string of the molecule is Cc1c(N)cnc(-n2cc(Cl)cn2)c1Br. The van der Waals surface area contributed by atoms with Crippen LogP contribution >= 0.6 is 27.5 Å². The first-order valence-corrected chi connectivity index (χ1v) is 5.38. The lowest BCUT2D eigenvalue weighted by molar-refractivity contribution is 0.840. The van der Waals surface area contributed by atoms with Crippen LogP contribution in [0.15, 0.2) is 23.1 Å². The third kappa shape index (κ3) is 1.85. The molecule has 6 heteroatoms. The van der Waals surface area contributed by atoms with Crippen molar-refractivity contribution in [1.29, 1.82) is 0 Å². The number of nitrogens with two attached hydrogens (primary N) is 1. The lowest BCUT2D eigenvalue weighted by Gasteiger charge is -2.07. The molecule has 0 spiro atoms. The Bertz CT molecular complexity index is 509. The summed E-state index contributed by atoms with van der Waals surface area (Å²) in [5, 5.41) is 4.64. The molecule has 2 N–H and O–H groups in total. The summed E-state index contributed by atoms with van der Waals surface area (Å²) in [6, 6.07) is 0. The van der Waals surface area contributed by atoms with E-state index in [1.165, 1.54) is 0 Å². The minimum atomic E-state index is 0.568. The molecule has 0 saturated carbocycles. The molecule has 0 aromatic carbocycles. The van der Waals surface area contributed by atoms with E-state index < -0.39 is 0 Å². The van der Waals surface area contributed by atoms with E-state index in [9.17, 15) is 0 Å². The van der Waals surface area contributed by atoms with Gasteiger partial charge in [0.25, 0.3) is 0 Å². The Balaban J connectivity index is 2.59. The largest absolute Gasteiger partial charge is 0.397 e. The van der Waals surface area contributed by atoms with Crippen molar-refractivity contribution in [3.05, 3.63) is 33.6 Å². The van der Waals surface area contributed by atoms with Crippen molar-refractivity contribution in [3.63, 3.8) is 0 Å². The Hall–Kier alpha value is -1.07. The van der Waals surface area contributed by atoms with Gasteiger partial charge in [-0.15, -0.1) is 0 Å². The van der Waals surface area contributed by atoms with Gasteiger partial charge in [0.2, 0.25) is 0 Å². The fourth-order valence-electron chi connectivity index (χ4n) is 1.16. The second-order valence-electron chi connectivity index (χ2n) is 3.08. The maximum absolute atomic E-state index is 5.78. The van der Waals surface area contributed by atoms with Crippen LogP contribution in [0.2, 0.25) is 5.02 Å². The summed E-state index contributed by atoms with van der Waals surface area (Å²) < 4.78 is 2.42. The average Bonchev–Trinajstić information content (AvgIpc) is 2.61. The maximum atomic E-state index is 5.78. The Kier molecular flexibility index (Phi) is 2.67. The highest BCUT2D eigenvalue weighted by atomic mass is 79.9. The molecule has 2 aromatic rings. The second-order valence-corrected chi connectivity index (χ2v) is 4.31. The number of hydrogen-bond acceptors (Lipinski definition) is 3. The van der Waals surface area contributed by atoms with Gasteiger partial charge in [-0.3, -0.25) is 0 Å². The lowest BCUT2D eigenvalue weighted by Crippen LogP contribution is -2.02. The molecule has 0 aliphatic carbocycles. The van der Waals surface area contributed by atoms with Gasteiger partial charge in [0, 0.05) is 0 Å². The molecule has 0 radical (unpaired) electrons. The predicted octanol–water partition coefficient (Wildman–Crippen LogP) is 2.57. The molecule has 0 atom stereocenters. The summed E-state index contributed by atoms with van der Waals surface area (Å²) in [6.07, 6.45) is 4.84. The molecular formula is C9H8BrClN4. The smallest absolute Gasteiger partial charge is 0.168 e. The van der Waals surface area contributed by atoms with Gasteiger partial charge < -0.3 is 5.73 Å². The first kappa shape index (κ1) is 10.4. The average molecular weight is 288 g/mol. The van der Waals surface area contributed by atoms with E-state index in [2.05, 4.69) is 26.0 Å². The van der Waals surface area contributed by atoms with Crippen LogP contribution in [0.4, 0.5) is 5.69 Å². The first-order valence-electron chi connectivity index (χ1n) is 4.20. The van der Waals surface area contributed by atoms with Crippen molar-refractivity contribution in [2.45, 2.75) is 6.92 Å². The van der Waals surface area contributed by atoms with Crippen LogP contribution in [0.25, 0.3) is 5.82 Å². The molecule has 0 bridgehead atoms. The number of nitrogens with zero attached hydrogens (tertiary/aromatic N) is 3. The Morgan fingerprint density at radius 3 is 2.80 bits per heavy atom. The number of pyridine rings is 1. The van der Waals surface area contributed by atoms with Gasteiger partial charge in [-0.05, 0) is 28.4 Å². The van der Waals surface area contributed by atoms with E-state index in [-0.39, 0.29) is 0 Å². The number of hydrogen-bond donors (Lipinski definition) is 1. The third-order valence-electron chi connectivity index (χ3n) is 2.05. The minimum Gasteiger partial charge on any atom is -0.397 e. The number of anilines is 1. The van der Waals surface area contributed by atoms with Crippen LogP contribution in [0.3, 0.4) is 0 Å². The van der Waals surface area contributed by atoms with Crippen LogP contribution in [-0.4, -0.2) is 14.8 Å². The fourth-order valence-corrected chi connectivity index (χ4v) is 1.80. The number of halogens is 2. The highest BCUT2D eigenvalue weighted by Gasteiger charge is 2.09. The normalized spacial score (nSPS) is 10.6. The molecule has 2 rings (SSSR count). The molecule has 0 aliphatic rings. The van der Waals surface area contributed by atoms with Crippen molar-refractivity contribution >= 4 is 33.2 Å². The van der Waals surface area contributed by atoms with E-state index in [0.29, 0.717) is 16.5 Å².